The van der Waals surface area contributed by atoms with Crippen LogP contribution in [0.15, 0.2) is 0 Å². The molecule has 0 saturated carbocycles. The second-order valence-electron chi connectivity index (χ2n) is 3.89. The monoisotopic (exact) mass is 235 g/mol. The van der Waals surface area contributed by atoms with E-state index in [-0.39, 0.29) is 11.4 Å². The molecule has 0 amide bonds. The van der Waals surface area contributed by atoms with Crippen molar-refractivity contribution in [3.63, 3.8) is 0 Å². The molecule has 0 rings (SSSR count). The van der Waals surface area contributed by atoms with E-state index in [1.165, 1.54) is 0 Å². The predicted molar refractivity (Wildman–Crippen MR) is 67.6 cm³/mol. The van der Waals surface area contributed by atoms with Crippen LogP contribution in [0.1, 0.15) is 27.2 Å². The van der Waals surface area contributed by atoms with Gasteiger partial charge < -0.3 is 15.2 Å². The molecule has 0 aliphatic heterocycles. The van der Waals surface area contributed by atoms with E-state index in [0.717, 1.165) is 25.3 Å². The van der Waals surface area contributed by atoms with Crippen LogP contribution in [0.25, 0.3) is 0 Å². The molecule has 0 aromatic rings. The SMILES string of the molecule is CCCNC(COC)CSC(C)C(C)O. The number of hydrogen-bond donors (Lipinski definition) is 2. The first kappa shape index (κ1) is 15.2. The Labute approximate surface area is 98.0 Å². The summed E-state index contributed by atoms with van der Waals surface area (Å²) < 4.78 is 5.16. The quantitative estimate of drug-likeness (QED) is 0.635. The van der Waals surface area contributed by atoms with Gasteiger partial charge in [-0.2, -0.15) is 11.8 Å². The van der Waals surface area contributed by atoms with E-state index in [4.69, 9.17) is 4.74 Å². The zero-order chi connectivity index (χ0) is 11.7. The van der Waals surface area contributed by atoms with Crippen LogP contribution in [0.4, 0.5) is 0 Å². The van der Waals surface area contributed by atoms with Gasteiger partial charge in [0.1, 0.15) is 0 Å². The highest BCUT2D eigenvalue weighted by Gasteiger charge is 2.13. The fourth-order valence-corrected chi connectivity index (χ4v) is 2.15. The van der Waals surface area contributed by atoms with Crippen LogP contribution in [0, 0.1) is 0 Å². The number of hydrogen-bond acceptors (Lipinski definition) is 4. The Balaban J connectivity index is 3.73. The van der Waals surface area contributed by atoms with E-state index in [1.807, 2.05) is 6.92 Å². The topological polar surface area (TPSA) is 41.5 Å². The molecule has 4 heteroatoms. The van der Waals surface area contributed by atoms with Crippen molar-refractivity contribution < 1.29 is 9.84 Å². The minimum atomic E-state index is -0.246. The van der Waals surface area contributed by atoms with Crippen LogP contribution in [0.5, 0.6) is 0 Å². The first-order valence-corrected chi connectivity index (χ1v) is 6.68. The van der Waals surface area contributed by atoms with E-state index in [1.54, 1.807) is 18.9 Å². The highest BCUT2D eigenvalue weighted by atomic mass is 32.2. The molecule has 0 saturated heterocycles. The molecule has 0 heterocycles. The molecule has 3 unspecified atom stereocenters. The fraction of sp³-hybridized carbons (Fsp3) is 1.00. The molecule has 2 N–H and O–H groups in total. The van der Waals surface area contributed by atoms with Crippen molar-refractivity contribution in [3.05, 3.63) is 0 Å². The zero-order valence-electron chi connectivity index (χ0n) is 10.3. The molecular weight excluding hydrogens is 210 g/mol. The first-order valence-electron chi connectivity index (χ1n) is 5.63. The molecule has 0 spiro atoms. The molecule has 92 valence electrons. The minimum Gasteiger partial charge on any atom is -0.392 e. The Bertz CT molecular complexity index is 145. The van der Waals surface area contributed by atoms with Gasteiger partial charge in [-0.3, -0.25) is 0 Å². The molecule has 0 aromatic carbocycles. The molecule has 0 aromatic heterocycles. The van der Waals surface area contributed by atoms with E-state index >= 15 is 0 Å². The third-order valence-electron chi connectivity index (χ3n) is 2.29. The Morgan fingerprint density at radius 2 is 2.07 bits per heavy atom. The van der Waals surface area contributed by atoms with Gasteiger partial charge in [0.05, 0.1) is 12.7 Å². The van der Waals surface area contributed by atoms with Crippen LogP contribution in [0.2, 0.25) is 0 Å². The summed E-state index contributed by atoms with van der Waals surface area (Å²) in [5.74, 6) is 0.986. The third kappa shape index (κ3) is 8.08. The molecule has 0 bridgehead atoms. The van der Waals surface area contributed by atoms with Gasteiger partial charge in [-0.05, 0) is 19.9 Å². The van der Waals surface area contributed by atoms with Gasteiger partial charge in [0.15, 0.2) is 0 Å². The smallest absolute Gasteiger partial charge is 0.0628 e. The summed E-state index contributed by atoms with van der Waals surface area (Å²) in [5, 5.41) is 13.1. The van der Waals surface area contributed by atoms with Gasteiger partial charge in [0.25, 0.3) is 0 Å². The number of methoxy groups -OCH3 is 1. The lowest BCUT2D eigenvalue weighted by Gasteiger charge is -2.20. The maximum Gasteiger partial charge on any atom is 0.0628 e. The molecule has 3 atom stereocenters. The van der Waals surface area contributed by atoms with Crippen LogP contribution in [0.3, 0.4) is 0 Å². The third-order valence-corrected chi connectivity index (χ3v) is 3.80. The van der Waals surface area contributed by atoms with Crippen LogP contribution in [-0.4, -0.2) is 48.5 Å². The van der Waals surface area contributed by atoms with Crippen molar-refractivity contribution in [3.8, 4) is 0 Å². The van der Waals surface area contributed by atoms with Crippen molar-refractivity contribution in [2.75, 3.05) is 26.0 Å². The minimum absolute atomic E-state index is 0.246. The Hall–Kier alpha value is 0.230. The normalized spacial score (nSPS) is 17.4. The van der Waals surface area contributed by atoms with Crippen molar-refractivity contribution in [1.29, 1.82) is 0 Å². The highest BCUT2D eigenvalue weighted by molar-refractivity contribution is 7.99. The average Bonchev–Trinajstić information content (AvgIpc) is 2.21. The summed E-state index contributed by atoms with van der Waals surface area (Å²) in [7, 11) is 1.73. The second kappa shape index (κ2) is 9.46. The molecule has 0 radical (unpaired) electrons. The summed E-state index contributed by atoms with van der Waals surface area (Å²) in [6, 6.07) is 0.390. The summed E-state index contributed by atoms with van der Waals surface area (Å²) in [5.41, 5.74) is 0. The van der Waals surface area contributed by atoms with Crippen molar-refractivity contribution in [1.82, 2.24) is 5.32 Å². The predicted octanol–water partition coefficient (Wildman–Crippen LogP) is 1.50. The maximum absolute atomic E-state index is 9.37. The molecule has 3 nitrogen and oxygen atoms in total. The van der Waals surface area contributed by atoms with Crippen molar-refractivity contribution >= 4 is 11.8 Å². The fourth-order valence-electron chi connectivity index (χ4n) is 1.12. The van der Waals surface area contributed by atoms with E-state index in [2.05, 4.69) is 19.2 Å². The summed E-state index contributed by atoms with van der Waals surface area (Å²) >= 11 is 1.79. The maximum atomic E-state index is 9.37. The van der Waals surface area contributed by atoms with E-state index < -0.39 is 0 Å². The molecule has 15 heavy (non-hydrogen) atoms. The largest absolute Gasteiger partial charge is 0.392 e. The van der Waals surface area contributed by atoms with E-state index in [9.17, 15) is 5.11 Å². The van der Waals surface area contributed by atoms with Gasteiger partial charge >= 0.3 is 0 Å². The summed E-state index contributed by atoms with van der Waals surface area (Å²) in [4.78, 5) is 0. The van der Waals surface area contributed by atoms with Crippen LogP contribution in [-0.2, 0) is 4.74 Å². The van der Waals surface area contributed by atoms with Crippen molar-refractivity contribution in [2.45, 2.75) is 44.6 Å². The Kier molecular flexibility index (Phi) is 9.60. The lowest BCUT2D eigenvalue weighted by Crippen LogP contribution is -2.36. The lowest BCUT2D eigenvalue weighted by atomic mass is 10.3. The molecule has 0 aliphatic carbocycles. The number of aliphatic hydroxyl groups is 1. The number of ether oxygens (including phenoxy) is 1. The first-order chi connectivity index (χ1) is 7.11. The number of aliphatic hydroxyl groups excluding tert-OH is 1. The standard InChI is InChI=1S/C11H25NO2S/c1-5-6-12-11(7-14-4)8-15-10(3)9(2)13/h9-13H,5-8H2,1-4H3. The van der Waals surface area contributed by atoms with Gasteiger partial charge in [-0.1, -0.05) is 13.8 Å². The van der Waals surface area contributed by atoms with Gasteiger partial charge in [0.2, 0.25) is 0 Å². The van der Waals surface area contributed by atoms with Gasteiger partial charge in [0, 0.05) is 24.2 Å². The number of thioether (sulfide) groups is 1. The van der Waals surface area contributed by atoms with Crippen molar-refractivity contribution in [2.24, 2.45) is 0 Å². The summed E-state index contributed by atoms with van der Waals surface area (Å²) in [6.07, 6.45) is 0.890. The Morgan fingerprint density at radius 3 is 2.53 bits per heavy atom. The van der Waals surface area contributed by atoms with Gasteiger partial charge in [-0.15, -0.1) is 0 Å². The number of nitrogens with one attached hydrogen (secondary N) is 1. The number of rotatable bonds is 9. The van der Waals surface area contributed by atoms with Crippen LogP contribution >= 0.6 is 11.8 Å². The zero-order valence-corrected chi connectivity index (χ0v) is 11.1. The van der Waals surface area contributed by atoms with Gasteiger partial charge in [-0.25, -0.2) is 0 Å². The molecular formula is C11H25NO2S. The van der Waals surface area contributed by atoms with Crippen LogP contribution < -0.4 is 5.32 Å². The summed E-state index contributed by atoms with van der Waals surface area (Å²) in [6.45, 7) is 7.81. The molecule has 0 aliphatic rings. The second-order valence-corrected chi connectivity index (χ2v) is 5.30. The molecule has 0 fully saturated rings. The average molecular weight is 235 g/mol. The Morgan fingerprint density at radius 1 is 1.40 bits per heavy atom. The van der Waals surface area contributed by atoms with E-state index in [0.29, 0.717) is 6.04 Å². The lowest BCUT2D eigenvalue weighted by molar-refractivity contribution is 0.173. The highest BCUT2D eigenvalue weighted by Crippen LogP contribution is 2.15.